The van der Waals surface area contributed by atoms with E-state index in [1.807, 2.05) is 0 Å². The van der Waals surface area contributed by atoms with Gasteiger partial charge >= 0.3 is 0 Å². The number of nitrogens with one attached hydrogen (secondary N) is 1. The van der Waals surface area contributed by atoms with E-state index in [0.717, 1.165) is 32.1 Å². The number of carbonyl (C=O) groups is 1. The SMILES string of the molecule is COc1cc2nc(C3CC3)n(NC(=O)[C@H]3CCC[C@H](OC)C3)c(=O)c2cc1OC. The van der Waals surface area contributed by atoms with Crippen LogP contribution in [0.3, 0.4) is 0 Å². The smallest absolute Gasteiger partial charge is 0.280 e. The molecule has 0 unspecified atom stereocenters. The van der Waals surface area contributed by atoms with E-state index in [2.05, 4.69) is 5.43 Å². The molecule has 1 heterocycles. The molecule has 156 valence electrons. The Hall–Kier alpha value is -2.61. The fourth-order valence-electron chi connectivity index (χ4n) is 4.05. The van der Waals surface area contributed by atoms with Crippen molar-refractivity contribution in [1.29, 1.82) is 0 Å². The van der Waals surface area contributed by atoms with E-state index in [1.54, 1.807) is 26.4 Å². The predicted molar refractivity (Wildman–Crippen MR) is 108 cm³/mol. The van der Waals surface area contributed by atoms with Crippen molar-refractivity contribution >= 4 is 16.8 Å². The van der Waals surface area contributed by atoms with E-state index in [1.165, 1.54) is 11.8 Å². The van der Waals surface area contributed by atoms with Gasteiger partial charge in [0.25, 0.3) is 5.56 Å². The molecule has 0 saturated heterocycles. The van der Waals surface area contributed by atoms with Crippen LogP contribution in [-0.4, -0.2) is 43.0 Å². The molecule has 8 heteroatoms. The summed E-state index contributed by atoms with van der Waals surface area (Å²) in [4.78, 5) is 30.9. The van der Waals surface area contributed by atoms with Crippen LogP contribution in [0, 0.1) is 5.92 Å². The normalized spacial score (nSPS) is 21.8. The first-order valence-electron chi connectivity index (χ1n) is 10.1. The lowest BCUT2D eigenvalue weighted by Crippen LogP contribution is -2.40. The van der Waals surface area contributed by atoms with Crippen molar-refractivity contribution < 1.29 is 19.0 Å². The Bertz CT molecular complexity index is 982. The first-order chi connectivity index (χ1) is 14.0. The van der Waals surface area contributed by atoms with Crippen molar-refractivity contribution in [3.63, 3.8) is 0 Å². The fraction of sp³-hybridized carbons (Fsp3) is 0.571. The summed E-state index contributed by atoms with van der Waals surface area (Å²) in [7, 11) is 4.74. The third-order valence-corrected chi connectivity index (χ3v) is 5.89. The first kappa shape index (κ1) is 19.7. The molecule has 0 spiro atoms. The molecule has 0 radical (unpaired) electrons. The van der Waals surface area contributed by atoms with Gasteiger partial charge in [-0.05, 0) is 38.2 Å². The maximum Gasteiger partial charge on any atom is 0.280 e. The number of carbonyl (C=O) groups excluding carboxylic acids is 1. The predicted octanol–water partition coefficient (Wildman–Crippen LogP) is 2.57. The van der Waals surface area contributed by atoms with Crippen molar-refractivity contribution in [2.75, 3.05) is 26.8 Å². The zero-order valence-corrected chi connectivity index (χ0v) is 17.1. The number of ether oxygens (including phenoxy) is 3. The van der Waals surface area contributed by atoms with Gasteiger partial charge in [-0.1, -0.05) is 6.42 Å². The van der Waals surface area contributed by atoms with Crippen LogP contribution < -0.4 is 20.5 Å². The van der Waals surface area contributed by atoms with E-state index >= 15 is 0 Å². The summed E-state index contributed by atoms with van der Waals surface area (Å²) in [5.74, 6) is 1.42. The number of fused-ring (bicyclic) bond motifs is 1. The molecule has 0 aliphatic heterocycles. The van der Waals surface area contributed by atoms with Gasteiger partial charge < -0.3 is 14.2 Å². The molecule has 1 N–H and O–H groups in total. The zero-order chi connectivity index (χ0) is 20.5. The molecule has 2 saturated carbocycles. The lowest BCUT2D eigenvalue weighted by Gasteiger charge is -2.27. The quantitative estimate of drug-likeness (QED) is 0.800. The number of rotatable bonds is 6. The molecule has 1 amide bonds. The molecule has 2 atom stereocenters. The summed E-state index contributed by atoms with van der Waals surface area (Å²) in [6.07, 6.45) is 5.37. The minimum atomic E-state index is -0.301. The largest absolute Gasteiger partial charge is 0.493 e. The standard InChI is InChI=1S/C21H27N3O5/c1-27-14-6-4-5-13(9-14)20(25)23-24-19(12-7-8-12)22-16-11-18(29-3)17(28-2)10-15(16)21(24)26/h10-14H,4-9H2,1-3H3,(H,23,25)/t13-,14-/m0/s1. The Morgan fingerprint density at radius 2 is 1.83 bits per heavy atom. The monoisotopic (exact) mass is 401 g/mol. The fourth-order valence-corrected chi connectivity index (χ4v) is 4.05. The second kappa shape index (κ2) is 8.02. The molecule has 1 aromatic heterocycles. The molecule has 2 fully saturated rings. The van der Waals surface area contributed by atoms with Gasteiger partial charge in [0, 0.05) is 25.0 Å². The van der Waals surface area contributed by atoms with Crippen molar-refractivity contribution in [3.8, 4) is 11.5 Å². The minimum absolute atomic E-state index is 0.0885. The number of benzene rings is 1. The first-order valence-corrected chi connectivity index (χ1v) is 10.1. The maximum atomic E-state index is 13.3. The maximum absolute atomic E-state index is 13.3. The van der Waals surface area contributed by atoms with Crippen LogP contribution in [-0.2, 0) is 9.53 Å². The van der Waals surface area contributed by atoms with E-state index < -0.39 is 0 Å². The molecule has 2 aliphatic carbocycles. The second-order valence-electron chi connectivity index (χ2n) is 7.81. The molecule has 2 aromatic rings. The van der Waals surface area contributed by atoms with Gasteiger partial charge in [0.05, 0.1) is 31.2 Å². The molecular weight excluding hydrogens is 374 g/mol. The van der Waals surface area contributed by atoms with Crippen LogP contribution in [0.4, 0.5) is 0 Å². The van der Waals surface area contributed by atoms with Gasteiger partial charge in [-0.25, -0.2) is 9.66 Å². The van der Waals surface area contributed by atoms with Gasteiger partial charge in [-0.15, -0.1) is 0 Å². The third kappa shape index (κ3) is 3.81. The van der Waals surface area contributed by atoms with Crippen LogP contribution in [0.25, 0.3) is 10.9 Å². The average Bonchev–Trinajstić information content (AvgIpc) is 3.59. The Morgan fingerprint density at radius 1 is 1.10 bits per heavy atom. The van der Waals surface area contributed by atoms with Crippen LogP contribution in [0.1, 0.15) is 50.3 Å². The summed E-state index contributed by atoms with van der Waals surface area (Å²) >= 11 is 0. The molecule has 1 aromatic carbocycles. The van der Waals surface area contributed by atoms with Gasteiger partial charge in [0.2, 0.25) is 5.91 Å². The number of hydrogen-bond acceptors (Lipinski definition) is 6. The van der Waals surface area contributed by atoms with Crippen molar-refractivity contribution in [2.24, 2.45) is 5.92 Å². The topological polar surface area (TPSA) is 91.7 Å². The third-order valence-electron chi connectivity index (χ3n) is 5.89. The Kier molecular flexibility index (Phi) is 5.45. The van der Waals surface area contributed by atoms with Crippen LogP contribution in [0.5, 0.6) is 11.5 Å². The van der Waals surface area contributed by atoms with Crippen molar-refractivity contribution in [3.05, 3.63) is 28.3 Å². The molecule has 2 aliphatic rings. The van der Waals surface area contributed by atoms with Crippen LogP contribution >= 0.6 is 0 Å². The summed E-state index contributed by atoms with van der Waals surface area (Å²) in [5.41, 5.74) is 3.09. The van der Waals surface area contributed by atoms with E-state index in [9.17, 15) is 9.59 Å². The highest BCUT2D eigenvalue weighted by atomic mass is 16.5. The molecule has 0 bridgehead atoms. The lowest BCUT2D eigenvalue weighted by molar-refractivity contribution is -0.123. The highest BCUT2D eigenvalue weighted by molar-refractivity contribution is 5.87. The van der Waals surface area contributed by atoms with E-state index in [0.29, 0.717) is 34.6 Å². The summed E-state index contributed by atoms with van der Waals surface area (Å²) in [5, 5.41) is 0.380. The van der Waals surface area contributed by atoms with E-state index in [4.69, 9.17) is 19.2 Å². The summed E-state index contributed by atoms with van der Waals surface area (Å²) in [6.45, 7) is 0. The Morgan fingerprint density at radius 3 is 2.48 bits per heavy atom. The molecule has 8 nitrogen and oxygen atoms in total. The number of amides is 1. The van der Waals surface area contributed by atoms with Crippen LogP contribution in [0.2, 0.25) is 0 Å². The summed E-state index contributed by atoms with van der Waals surface area (Å²) < 4.78 is 17.4. The van der Waals surface area contributed by atoms with Gasteiger partial charge in [-0.3, -0.25) is 15.0 Å². The van der Waals surface area contributed by atoms with Gasteiger partial charge in [0.15, 0.2) is 11.5 Å². The number of nitrogens with zero attached hydrogens (tertiary/aromatic N) is 2. The molecule has 4 rings (SSSR count). The second-order valence-corrected chi connectivity index (χ2v) is 7.81. The summed E-state index contributed by atoms with van der Waals surface area (Å²) in [6, 6.07) is 3.32. The Labute approximate surface area is 169 Å². The molecular formula is C21H27N3O5. The van der Waals surface area contributed by atoms with Crippen LogP contribution in [0.15, 0.2) is 16.9 Å². The van der Waals surface area contributed by atoms with Crippen molar-refractivity contribution in [1.82, 2.24) is 9.66 Å². The number of hydrogen-bond donors (Lipinski definition) is 1. The lowest BCUT2D eigenvalue weighted by atomic mass is 9.87. The number of methoxy groups -OCH3 is 3. The van der Waals surface area contributed by atoms with Crippen molar-refractivity contribution in [2.45, 2.75) is 50.5 Å². The molecule has 29 heavy (non-hydrogen) atoms. The van der Waals surface area contributed by atoms with E-state index in [-0.39, 0.29) is 29.4 Å². The zero-order valence-electron chi connectivity index (χ0n) is 17.1. The van der Waals surface area contributed by atoms with Gasteiger partial charge in [0.1, 0.15) is 5.82 Å². The average molecular weight is 401 g/mol. The number of aromatic nitrogens is 2. The highest BCUT2D eigenvalue weighted by Gasteiger charge is 2.32. The van der Waals surface area contributed by atoms with Gasteiger partial charge in [-0.2, -0.15) is 0 Å². The minimum Gasteiger partial charge on any atom is -0.493 e. The Balaban J connectivity index is 1.73. The highest BCUT2D eigenvalue weighted by Crippen LogP contribution is 2.39.